The molecule has 4 nitrogen and oxygen atoms in total. The van der Waals surface area contributed by atoms with Gasteiger partial charge in [0.05, 0.1) is 5.25 Å². The van der Waals surface area contributed by atoms with Crippen molar-refractivity contribution in [3.63, 3.8) is 0 Å². The van der Waals surface area contributed by atoms with Crippen LogP contribution in [-0.4, -0.2) is 29.9 Å². The number of aliphatic hydroxyl groups excluding tert-OH is 1. The quantitative estimate of drug-likeness (QED) is 0.282. The van der Waals surface area contributed by atoms with Gasteiger partial charge in [-0.25, -0.2) is 0 Å². The Morgan fingerprint density at radius 3 is 1.26 bits per heavy atom. The Hall–Kier alpha value is -0.130. The van der Waals surface area contributed by atoms with Gasteiger partial charge < -0.3 is 5.11 Å². The van der Waals surface area contributed by atoms with Gasteiger partial charge in [0.1, 0.15) is 0 Å². The van der Waals surface area contributed by atoms with Crippen molar-refractivity contribution >= 4 is 10.1 Å². The Morgan fingerprint density at radius 2 is 0.957 bits per heavy atom. The van der Waals surface area contributed by atoms with Crippen LogP contribution in [0.15, 0.2) is 0 Å². The molecule has 0 radical (unpaired) electrons. The van der Waals surface area contributed by atoms with E-state index in [0.717, 1.165) is 19.3 Å². The first kappa shape index (κ1) is 22.9. The predicted molar refractivity (Wildman–Crippen MR) is 97.4 cm³/mol. The van der Waals surface area contributed by atoms with Crippen LogP contribution in [0.25, 0.3) is 0 Å². The second-order valence-corrected chi connectivity index (χ2v) is 8.62. The van der Waals surface area contributed by atoms with Crippen LogP contribution in [0.1, 0.15) is 103 Å². The van der Waals surface area contributed by atoms with Gasteiger partial charge in [-0.1, -0.05) is 83.5 Å². The molecule has 0 spiro atoms. The Balaban J connectivity index is 3.14. The van der Waals surface area contributed by atoms with E-state index in [-0.39, 0.29) is 0 Å². The largest absolute Gasteiger partial charge is 0.396 e. The SMILES string of the molecule is CC(CCCCCCCCCCCCCCCCO)S(=O)(=O)O. The van der Waals surface area contributed by atoms with Crippen LogP contribution in [0.4, 0.5) is 0 Å². The zero-order chi connectivity index (χ0) is 17.4. The fraction of sp³-hybridized carbons (Fsp3) is 1.00. The number of rotatable bonds is 17. The van der Waals surface area contributed by atoms with Gasteiger partial charge in [0.2, 0.25) is 0 Å². The summed E-state index contributed by atoms with van der Waals surface area (Å²) in [4.78, 5) is 0. The van der Waals surface area contributed by atoms with Crippen LogP contribution in [0.3, 0.4) is 0 Å². The molecule has 1 unspecified atom stereocenters. The summed E-state index contributed by atoms with van der Waals surface area (Å²) in [5.74, 6) is 0. The third-order valence-corrected chi connectivity index (χ3v) is 5.78. The monoisotopic (exact) mass is 350 g/mol. The van der Waals surface area contributed by atoms with Crippen molar-refractivity contribution in [2.45, 2.75) is 108 Å². The molecule has 0 aliphatic rings. The van der Waals surface area contributed by atoms with Crippen molar-refractivity contribution in [3.8, 4) is 0 Å². The van der Waals surface area contributed by atoms with Gasteiger partial charge in [-0.3, -0.25) is 4.55 Å². The third-order valence-electron chi connectivity index (χ3n) is 4.53. The van der Waals surface area contributed by atoms with Gasteiger partial charge in [0.15, 0.2) is 0 Å². The molecule has 1 atom stereocenters. The van der Waals surface area contributed by atoms with E-state index in [4.69, 9.17) is 9.66 Å². The zero-order valence-electron chi connectivity index (χ0n) is 15.0. The molecular formula is C18H38O4S. The molecule has 140 valence electrons. The highest BCUT2D eigenvalue weighted by Crippen LogP contribution is 2.14. The van der Waals surface area contributed by atoms with Crippen molar-refractivity contribution < 1.29 is 18.1 Å². The number of hydrogen-bond acceptors (Lipinski definition) is 3. The summed E-state index contributed by atoms with van der Waals surface area (Å²) in [6.45, 7) is 1.90. The van der Waals surface area contributed by atoms with E-state index < -0.39 is 15.4 Å². The minimum absolute atomic E-state index is 0.333. The smallest absolute Gasteiger partial charge is 0.267 e. The summed E-state index contributed by atoms with van der Waals surface area (Å²) in [6.07, 6.45) is 17.5. The fourth-order valence-corrected chi connectivity index (χ4v) is 3.28. The second kappa shape index (κ2) is 15.4. The van der Waals surface area contributed by atoms with E-state index in [1.807, 2.05) is 0 Å². The van der Waals surface area contributed by atoms with Gasteiger partial charge in [0.25, 0.3) is 10.1 Å². The lowest BCUT2D eigenvalue weighted by Gasteiger charge is -2.07. The van der Waals surface area contributed by atoms with Crippen LogP contribution in [-0.2, 0) is 10.1 Å². The maximum Gasteiger partial charge on any atom is 0.267 e. The molecule has 0 aromatic heterocycles. The molecule has 23 heavy (non-hydrogen) atoms. The van der Waals surface area contributed by atoms with Gasteiger partial charge in [-0.2, -0.15) is 8.42 Å². The van der Waals surface area contributed by atoms with E-state index in [1.165, 1.54) is 70.6 Å². The average molecular weight is 351 g/mol. The van der Waals surface area contributed by atoms with Crippen molar-refractivity contribution in [2.75, 3.05) is 6.61 Å². The Morgan fingerprint density at radius 1 is 0.652 bits per heavy atom. The van der Waals surface area contributed by atoms with Gasteiger partial charge in [-0.15, -0.1) is 0 Å². The van der Waals surface area contributed by atoms with E-state index in [0.29, 0.717) is 13.0 Å². The van der Waals surface area contributed by atoms with Crippen molar-refractivity contribution in [1.82, 2.24) is 0 Å². The number of hydrogen-bond donors (Lipinski definition) is 2. The van der Waals surface area contributed by atoms with Crippen LogP contribution < -0.4 is 0 Å². The van der Waals surface area contributed by atoms with Crippen LogP contribution in [0, 0.1) is 0 Å². The summed E-state index contributed by atoms with van der Waals surface area (Å²) in [7, 11) is -3.83. The lowest BCUT2D eigenvalue weighted by molar-refractivity contribution is 0.282. The van der Waals surface area contributed by atoms with Crippen molar-refractivity contribution in [1.29, 1.82) is 0 Å². The molecule has 0 saturated carbocycles. The Labute approximate surface area is 143 Å². The molecule has 2 N–H and O–H groups in total. The topological polar surface area (TPSA) is 74.6 Å². The number of unbranched alkanes of at least 4 members (excludes halogenated alkanes) is 13. The highest BCUT2D eigenvalue weighted by atomic mass is 32.2. The van der Waals surface area contributed by atoms with Gasteiger partial charge >= 0.3 is 0 Å². The van der Waals surface area contributed by atoms with Gasteiger partial charge in [0, 0.05) is 6.61 Å². The van der Waals surface area contributed by atoms with Crippen molar-refractivity contribution in [2.24, 2.45) is 0 Å². The van der Waals surface area contributed by atoms with Crippen LogP contribution in [0.5, 0.6) is 0 Å². The molecule has 0 aliphatic carbocycles. The first-order valence-electron chi connectivity index (χ1n) is 9.55. The second-order valence-electron chi connectivity index (χ2n) is 6.79. The highest BCUT2D eigenvalue weighted by molar-refractivity contribution is 7.86. The molecule has 0 bridgehead atoms. The molecule has 0 aliphatic heterocycles. The summed E-state index contributed by atoms with van der Waals surface area (Å²) in [5.41, 5.74) is 0. The molecule has 0 fully saturated rings. The first-order chi connectivity index (χ1) is 11.0. The number of aliphatic hydroxyl groups is 1. The zero-order valence-corrected chi connectivity index (χ0v) is 15.8. The van der Waals surface area contributed by atoms with E-state index in [2.05, 4.69) is 0 Å². The maximum absolute atomic E-state index is 10.9. The fourth-order valence-electron chi connectivity index (χ4n) is 2.81. The Kier molecular flexibility index (Phi) is 15.3. The summed E-state index contributed by atoms with van der Waals surface area (Å²) in [5, 5.41) is 8.06. The minimum Gasteiger partial charge on any atom is -0.396 e. The summed E-state index contributed by atoms with van der Waals surface area (Å²) >= 11 is 0. The minimum atomic E-state index is -3.83. The Bertz CT molecular complexity index is 341. The molecule has 0 aromatic rings. The van der Waals surface area contributed by atoms with Crippen LogP contribution >= 0.6 is 0 Å². The lowest BCUT2D eigenvalue weighted by Crippen LogP contribution is -2.16. The first-order valence-corrected chi connectivity index (χ1v) is 11.1. The highest BCUT2D eigenvalue weighted by Gasteiger charge is 2.15. The standard InChI is InChI=1S/C18H38O4S/c1-18(23(20,21)22)16-14-12-10-8-6-4-2-3-5-7-9-11-13-15-17-19/h18-19H,2-17H2,1H3,(H,20,21,22). The van der Waals surface area contributed by atoms with E-state index in [1.54, 1.807) is 6.92 Å². The predicted octanol–water partition coefficient (Wildman–Crippen LogP) is 5.11. The normalized spacial score (nSPS) is 13.3. The van der Waals surface area contributed by atoms with E-state index in [9.17, 15) is 8.42 Å². The molecule has 0 amide bonds. The molecule has 0 rings (SSSR count). The summed E-state index contributed by atoms with van der Waals surface area (Å²) < 4.78 is 30.6. The third kappa shape index (κ3) is 16.5. The molecule has 0 aromatic carbocycles. The molecular weight excluding hydrogens is 312 g/mol. The molecule has 0 saturated heterocycles. The van der Waals surface area contributed by atoms with Gasteiger partial charge in [-0.05, 0) is 19.8 Å². The molecule has 0 heterocycles. The van der Waals surface area contributed by atoms with E-state index >= 15 is 0 Å². The lowest BCUT2D eigenvalue weighted by atomic mass is 10.0. The van der Waals surface area contributed by atoms with Crippen molar-refractivity contribution in [3.05, 3.63) is 0 Å². The molecule has 5 heteroatoms. The maximum atomic E-state index is 10.9. The summed E-state index contributed by atoms with van der Waals surface area (Å²) in [6, 6.07) is 0. The van der Waals surface area contributed by atoms with Crippen LogP contribution in [0.2, 0.25) is 0 Å². The average Bonchev–Trinajstić information content (AvgIpc) is 2.50.